The zero-order valence-electron chi connectivity index (χ0n) is 12.3. The van der Waals surface area contributed by atoms with Gasteiger partial charge in [0.15, 0.2) is 5.69 Å². The number of rotatable bonds is 2. The largest absolute Gasteiger partial charge is 0.493 e. The molecule has 0 unspecified atom stereocenters. The number of aromatic amines is 1. The van der Waals surface area contributed by atoms with Crippen LogP contribution in [-0.4, -0.2) is 16.0 Å². The van der Waals surface area contributed by atoms with E-state index in [0.29, 0.717) is 10.9 Å². The summed E-state index contributed by atoms with van der Waals surface area (Å²) in [6, 6.07) is 8.98. The molecule has 1 amide bonds. The number of fused-ring (bicyclic) bond motifs is 1. The second-order valence-corrected chi connectivity index (χ2v) is 6.34. The van der Waals surface area contributed by atoms with Crippen molar-refractivity contribution < 1.29 is 23.1 Å². The number of amides is 1. The van der Waals surface area contributed by atoms with Crippen molar-refractivity contribution in [3.05, 3.63) is 57.2 Å². The van der Waals surface area contributed by atoms with Gasteiger partial charge in [-0.05, 0) is 65.1 Å². The molecule has 0 fully saturated rings. The lowest BCUT2D eigenvalue weighted by molar-refractivity contribution is -0.137. The molecule has 0 radical (unpaired) electrons. The molecule has 0 atom stereocenters. The number of hydrogen-bond acceptors (Lipinski definition) is 3. The van der Waals surface area contributed by atoms with Crippen LogP contribution >= 0.6 is 22.6 Å². The number of nitrogens with zero attached hydrogens (tertiary/aromatic N) is 2. The van der Waals surface area contributed by atoms with Crippen LogP contribution in [-0.2, 0) is 6.18 Å². The first-order valence-electron chi connectivity index (χ1n) is 6.89. The predicted molar refractivity (Wildman–Crippen MR) is 93.0 cm³/mol. The van der Waals surface area contributed by atoms with Crippen molar-refractivity contribution in [3.8, 4) is 5.88 Å². The number of benzene rings is 2. The van der Waals surface area contributed by atoms with Gasteiger partial charge in [-0.2, -0.15) is 13.2 Å². The van der Waals surface area contributed by atoms with Crippen LogP contribution in [0.5, 0.6) is 5.88 Å². The first-order valence-corrected chi connectivity index (χ1v) is 7.97. The molecular weight excluding hydrogens is 450 g/mol. The molecule has 2 N–H and O–H groups in total. The van der Waals surface area contributed by atoms with Gasteiger partial charge >= 0.3 is 6.18 Å². The average molecular weight is 459 g/mol. The van der Waals surface area contributed by atoms with Gasteiger partial charge < -0.3 is 10.1 Å². The Morgan fingerprint density at radius 1 is 1.12 bits per heavy atom. The summed E-state index contributed by atoms with van der Waals surface area (Å²) in [5.41, 5.74) is -0.182. The van der Waals surface area contributed by atoms with E-state index in [-0.39, 0.29) is 17.1 Å². The van der Waals surface area contributed by atoms with E-state index in [1.54, 1.807) is 12.1 Å². The van der Waals surface area contributed by atoms with Crippen molar-refractivity contribution in [2.24, 2.45) is 10.2 Å². The lowest BCUT2D eigenvalue weighted by Crippen LogP contribution is -2.05. The summed E-state index contributed by atoms with van der Waals surface area (Å²) in [7, 11) is 0. The highest BCUT2D eigenvalue weighted by Crippen LogP contribution is 2.36. The fraction of sp³-hybridized carbons (Fsp3) is 0.0625. The number of carbonyl (C=O) groups is 1. The molecule has 5 nitrogen and oxygen atoms in total. The SMILES string of the molecule is O=C(N=Nc1c(O)[nH]c2ccc(I)cc12)c1ccc(C(F)(F)F)cc1. The van der Waals surface area contributed by atoms with Crippen LogP contribution in [0.2, 0.25) is 0 Å². The molecule has 0 aliphatic heterocycles. The summed E-state index contributed by atoms with van der Waals surface area (Å²) >= 11 is 2.09. The third-order valence-corrected chi connectivity index (χ3v) is 4.09. The monoisotopic (exact) mass is 459 g/mol. The van der Waals surface area contributed by atoms with Crippen LogP contribution in [0.25, 0.3) is 10.9 Å². The summed E-state index contributed by atoms with van der Waals surface area (Å²) < 4.78 is 38.5. The van der Waals surface area contributed by atoms with Crippen LogP contribution in [0.15, 0.2) is 52.7 Å². The Morgan fingerprint density at radius 2 is 1.80 bits per heavy atom. The molecule has 2 aromatic carbocycles. The highest BCUT2D eigenvalue weighted by atomic mass is 127. The summed E-state index contributed by atoms with van der Waals surface area (Å²) in [5, 5.41) is 17.7. The Hall–Kier alpha value is -2.43. The number of hydrogen-bond donors (Lipinski definition) is 2. The Balaban J connectivity index is 1.88. The number of alkyl halides is 3. The Morgan fingerprint density at radius 3 is 2.44 bits per heavy atom. The van der Waals surface area contributed by atoms with Gasteiger partial charge in [0.05, 0.1) is 11.1 Å². The second kappa shape index (κ2) is 6.47. The van der Waals surface area contributed by atoms with Crippen LogP contribution in [0.3, 0.4) is 0 Å². The van der Waals surface area contributed by atoms with Gasteiger partial charge in [-0.25, -0.2) is 0 Å². The first kappa shape index (κ1) is 17.4. The molecule has 25 heavy (non-hydrogen) atoms. The van der Waals surface area contributed by atoms with Gasteiger partial charge in [-0.15, -0.1) is 10.2 Å². The van der Waals surface area contributed by atoms with E-state index in [0.717, 1.165) is 27.8 Å². The number of nitrogens with one attached hydrogen (secondary N) is 1. The van der Waals surface area contributed by atoms with Crippen molar-refractivity contribution in [2.45, 2.75) is 6.18 Å². The number of H-pyrrole nitrogens is 1. The highest BCUT2D eigenvalue weighted by molar-refractivity contribution is 14.1. The molecule has 0 aliphatic carbocycles. The second-order valence-electron chi connectivity index (χ2n) is 5.09. The zero-order chi connectivity index (χ0) is 18.2. The lowest BCUT2D eigenvalue weighted by atomic mass is 10.1. The van der Waals surface area contributed by atoms with Crippen LogP contribution in [0.4, 0.5) is 18.9 Å². The fourth-order valence-electron chi connectivity index (χ4n) is 2.19. The van der Waals surface area contributed by atoms with Crippen LogP contribution in [0.1, 0.15) is 15.9 Å². The van der Waals surface area contributed by atoms with E-state index in [9.17, 15) is 23.1 Å². The number of aromatic nitrogens is 1. The molecule has 3 aromatic rings. The van der Waals surface area contributed by atoms with Gasteiger partial charge in [0.1, 0.15) is 0 Å². The maximum atomic E-state index is 12.5. The number of carbonyl (C=O) groups excluding carboxylic acids is 1. The lowest BCUT2D eigenvalue weighted by Gasteiger charge is -2.05. The van der Waals surface area contributed by atoms with Crippen molar-refractivity contribution in [2.75, 3.05) is 0 Å². The van der Waals surface area contributed by atoms with Crippen molar-refractivity contribution >= 4 is 45.1 Å². The fourth-order valence-corrected chi connectivity index (χ4v) is 2.68. The predicted octanol–water partition coefficient (Wildman–Crippen LogP) is 5.42. The van der Waals surface area contributed by atoms with Gasteiger partial charge in [0, 0.05) is 14.5 Å². The molecule has 0 aliphatic rings. The molecule has 0 saturated heterocycles. The summed E-state index contributed by atoms with van der Waals surface area (Å²) in [5.74, 6) is -1.06. The van der Waals surface area contributed by atoms with Gasteiger partial charge in [-0.3, -0.25) is 4.79 Å². The standard InChI is InChI=1S/C16H9F3IN3O2/c17-16(18,19)9-3-1-8(2-4-9)14(24)23-22-13-11-7-10(20)5-6-12(11)21-15(13)25/h1-7,21,25H. The summed E-state index contributed by atoms with van der Waals surface area (Å²) in [4.78, 5) is 14.7. The van der Waals surface area contributed by atoms with E-state index >= 15 is 0 Å². The molecule has 128 valence electrons. The van der Waals surface area contributed by atoms with Gasteiger partial charge in [0.25, 0.3) is 5.91 Å². The summed E-state index contributed by atoms with van der Waals surface area (Å²) in [6.07, 6.45) is -4.48. The zero-order valence-corrected chi connectivity index (χ0v) is 14.5. The molecule has 0 bridgehead atoms. The van der Waals surface area contributed by atoms with Gasteiger partial charge in [-0.1, -0.05) is 0 Å². The third kappa shape index (κ3) is 3.65. The molecule has 1 aromatic heterocycles. The van der Waals surface area contributed by atoms with Gasteiger partial charge in [0.2, 0.25) is 5.88 Å². The molecule has 0 spiro atoms. The minimum atomic E-state index is -4.48. The highest BCUT2D eigenvalue weighted by Gasteiger charge is 2.30. The van der Waals surface area contributed by atoms with E-state index in [2.05, 4.69) is 37.8 Å². The van der Waals surface area contributed by atoms with E-state index < -0.39 is 17.6 Å². The number of aromatic hydroxyl groups is 1. The van der Waals surface area contributed by atoms with E-state index in [1.807, 2.05) is 6.07 Å². The minimum Gasteiger partial charge on any atom is -0.493 e. The topological polar surface area (TPSA) is 77.8 Å². The smallest absolute Gasteiger partial charge is 0.416 e. The molecular formula is C16H9F3IN3O2. The summed E-state index contributed by atoms with van der Waals surface area (Å²) in [6.45, 7) is 0. The quantitative estimate of drug-likeness (QED) is 0.397. The Bertz CT molecular complexity index is 979. The Labute approximate surface area is 152 Å². The van der Waals surface area contributed by atoms with Crippen LogP contribution in [0, 0.1) is 3.57 Å². The van der Waals surface area contributed by atoms with Crippen LogP contribution < -0.4 is 0 Å². The molecule has 9 heteroatoms. The number of azo groups is 1. The first-order chi connectivity index (χ1) is 11.8. The van der Waals surface area contributed by atoms with Crippen molar-refractivity contribution in [1.82, 2.24) is 4.98 Å². The Kier molecular flexibility index (Phi) is 4.50. The maximum Gasteiger partial charge on any atom is 0.416 e. The third-order valence-electron chi connectivity index (χ3n) is 3.41. The van der Waals surface area contributed by atoms with E-state index in [4.69, 9.17) is 0 Å². The van der Waals surface area contributed by atoms with Crippen molar-refractivity contribution in [3.63, 3.8) is 0 Å². The number of halogens is 4. The molecule has 1 heterocycles. The van der Waals surface area contributed by atoms with E-state index in [1.165, 1.54) is 0 Å². The molecule has 3 rings (SSSR count). The normalized spacial score (nSPS) is 12.2. The molecule has 0 saturated carbocycles. The average Bonchev–Trinajstić information content (AvgIpc) is 2.86. The van der Waals surface area contributed by atoms with Crippen molar-refractivity contribution in [1.29, 1.82) is 0 Å². The minimum absolute atomic E-state index is 0.0364. The maximum absolute atomic E-state index is 12.5.